The Hall–Kier alpha value is -3.47. The van der Waals surface area contributed by atoms with Gasteiger partial charge in [0.15, 0.2) is 0 Å². The molecule has 2 aliphatic heterocycles. The van der Waals surface area contributed by atoms with E-state index in [-0.39, 0.29) is 57.1 Å². The van der Waals surface area contributed by atoms with E-state index >= 15 is 0 Å². The topological polar surface area (TPSA) is 145 Å². The predicted octanol–water partition coefficient (Wildman–Crippen LogP) is 1.75. The number of nitrogens with zero attached hydrogens (tertiary/aromatic N) is 2. The number of carbonyl (C=O) groups is 4. The average Bonchev–Trinajstić information content (AvgIpc) is 3.38. The first-order valence-electron chi connectivity index (χ1n) is 13.6. The monoisotopic (exact) mass is 569 g/mol. The number of likely N-dealkylation sites (tertiary alicyclic amines) is 1. The lowest BCUT2D eigenvalue weighted by molar-refractivity contribution is -0.144. The van der Waals surface area contributed by atoms with Gasteiger partial charge in [-0.2, -0.15) is 0 Å². The van der Waals surface area contributed by atoms with Gasteiger partial charge in [0.25, 0.3) is 0 Å². The maximum atomic E-state index is 13.6. The number of amides is 4. The third-order valence-corrected chi connectivity index (χ3v) is 7.88. The highest BCUT2D eigenvalue weighted by Crippen LogP contribution is 2.25. The van der Waals surface area contributed by atoms with Crippen molar-refractivity contribution in [1.82, 2.24) is 15.1 Å². The van der Waals surface area contributed by atoms with Crippen molar-refractivity contribution in [2.45, 2.75) is 63.8 Å². The van der Waals surface area contributed by atoms with Gasteiger partial charge in [-0.3, -0.25) is 19.2 Å². The van der Waals surface area contributed by atoms with Crippen LogP contribution in [0.3, 0.4) is 0 Å². The number of nitrogens with two attached hydrogens (primary N) is 1. The van der Waals surface area contributed by atoms with E-state index in [1.54, 1.807) is 23.1 Å². The van der Waals surface area contributed by atoms with Crippen LogP contribution in [0.5, 0.6) is 0 Å². The van der Waals surface area contributed by atoms with Gasteiger partial charge in [0.1, 0.15) is 12.1 Å². The molecule has 2 aromatic carbocycles. The molecule has 4 amide bonds. The van der Waals surface area contributed by atoms with Crippen molar-refractivity contribution in [2.75, 3.05) is 25.0 Å². The molecule has 4 rings (SSSR count). The summed E-state index contributed by atoms with van der Waals surface area (Å²) in [5.74, 6) is -1.40. The van der Waals surface area contributed by atoms with Crippen molar-refractivity contribution in [3.05, 3.63) is 64.2 Å². The number of aliphatic hydroxyl groups excluding tert-OH is 1. The molecule has 0 aliphatic carbocycles. The van der Waals surface area contributed by atoms with Crippen molar-refractivity contribution >= 4 is 40.9 Å². The van der Waals surface area contributed by atoms with Gasteiger partial charge in [-0.25, -0.2) is 0 Å². The lowest BCUT2D eigenvalue weighted by atomic mass is 9.92. The number of carbonyl (C=O) groups excluding carboxylic acids is 4. The summed E-state index contributed by atoms with van der Waals surface area (Å²) >= 11 is 6.09. The molecule has 5 N–H and O–H groups in total. The predicted molar refractivity (Wildman–Crippen MR) is 151 cm³/mol. The number of rotatable bonds is 9. The van der Waals surface area contributed by atoms with Gasteiger partial charge in [-0.1, -0.05) is 35.9 Å². The highest BCUT2D eigenvalue weighted by atomic mass is 35.5. The first-order valence-corrected chi connectivity index (χ1v) is 13.9. The van der Waals surface area contributed by atoms with E-state index in [1.807, 2.05) is 31.2 Å². The summed E-state index contributed by atoms with van der Waals surface area (Å²) in [5, 5.41) is 15.9. The summed E-state index contributed by atoms with van der Waals surface area (Å²) in [5.41, 5.74) is 8.99. The molecule has 1 unspecified atom stereocenters. The zero-order chi connectivity index (χ0) is 28.8. The number of anilines is 1. The van der Waals surface area contributed by atoms with Crippen LogP contribution >= 0.6 is 11.6 Å². The molecule has 10 nitrogen and oxygen atoms in total. The lowest BCUT2D eigenvalue weighted by Gasteiger charge is -2.37. The van der Waals surface area contributed by atoms with Gasteiger partial charge < -0.3 is 31.3 Å². The molecule has 1 saturated heterocycles. The Morgan fingerprint density at radius 1 is 1.10 bits per heavy atom. The highest BCUT2D eigenvalue weighted by Gasteiger charge is 2.36. The van der Waals surface area contributed by atoms with Crippen LogP contribution in [0, 0.1) is 6.92 Å². The minimum absolute atomic E-state index is 0.00322. The van der Waals surface area contributed by atoms with Gasteiger partial charge in [0, 0.05) is 49.6 Å². The Balaban J connectivity index is 1.46. The second-order valence-electron chi connectivity index (χ2n) is 10.4. The first kappa shape index (κ1) is 29.5. The number of hydrogen-bond acceptors (Lipinski definition) is 6. The minimum Gasteiger partial charge on any atom is -0.391 e. The molecule has 0 spiro atoms. The zero-order valence-corrected chi connectivity index (χ0v) is 23.3. The third-order valence-electron chi connectivity index (χ3n) is 7.45. The molecule has 2 aliphatic rings. The van der Waals surface area contributed by atoms with Crippen LogP contribution in [0.15, 0.2) is 42.5 Å². The number of aliphatic hydroxyl groups is 1. The number of benzene rings is 2. The number of aryl methyl sites for hydroxylation is 1. The number of halogens is 1. The van der Waals surface area contributed by atoms with Crippen molar-refractivity contribution in [2.24, 2.45) is 5.73 Å². The second kappa shape index (κ2) is 13.3. The smallest absolute Gasteiger partial charge is 0.246 e. The van der Waals surface area contributed by atoms with Crippen molar-refractivity contribution in [1.29, 1.82) is 0 Å². The summed E-state index contributed by atoms with van der Waals surface area (Å²) < 4.78 is 0. The largest absolute Gasteiger partial charge is 0.391 e. The van der Waals surface area contributed by atoms with E-state index in [0.717, 1.165) is 16.7 Å². The summed E-state index contributed by atoms with van der Waals surface area (Å²) in [4.78, 5) is 55.7. The van der Waals surface area contributed by atoms with E-state index in [2.05, 4.69) is 10.6 Å². The Kier molecular flexibility index (Phi) is 9.78. The van der Waals surface area contributed by atoms with Gasteiger partial charge in [-0.15, -0.1) is 0 Å². The van der Waals surface area contributed by atoms with Crippen LogP contribution in [0.25, 0.3) is 0 Å². The lowest BCUT2D eigenvalue weighted by Crippen LogP contribution is -2.56. The second-order valence-corrected chi connectivity index (χ2v) is 10.8. The van der Waals surface area contributed by atoms with Crippen LogP contribution in [0.1, 0.15) is 42.4 Å². The molecule has 2 heterocycles. The maximum Gasteiger partial charge on any atom is 0.246 e. The van der Waals surface area contributed by atoms with Crippen molar-refractivity contribution in [3.8, 4) is 0 Å². The van der Waals surface area contributed by atoms with Gasteiger partial charge in [0.2, 0.25) is 23.6 Å². The molecule has 214 valence electrons. The maximum absolute atomic E-state index is 13.6. The first-order chi connectivity index (χ1) is 19.2. The Morgan fingerprint density at radius 3 is 2.50 bits per heavy atom. The van der Waals surface area contributed by atoms with Crippen LogP contribution in [-0.4, -0.2) is 76.4 Å². The van der Waals surface area contributed by atoms with E-state index in [0.29, 0.717) is 23.7 Å². The summed E-state index contributed by atoms with van der Waals surface area (Å²) in [6.07, 6.45) is 0.426. The molecule has 2 aromatic rings. The molecule has 0 saturated carbocycles. The van der Waals surface area contributed by atoms with E-state index in [1.165, 1.54) is 4.90 Å². The normalized spacial score (nSPS) is 19.1. The number of fused-ring (bicyclic) bond motifs is 1. The molecular formula is C29H36ClN5O5. The summed E-state index contributed by atoms with van der Waals surface area (Å²) in [6.45, 7) is 2.96. The van der Waals surface area contributed by atoms with E-state index in [4.69, 9.17) is 17.3 Å². The van der Waals surface area contributed by atoms with E-state index in [9.17, 15) is 24.3 Å². The number of β-amino-alcohol motifs (C(OH)–C–C–N with tert-alkyl or cyclic N) is 1. The average molecular weight is 570 g/mol. The van der Waals surface area contributed by atoms with Crippen molar-refractivity contribution < 1.29 is 24.3 Å². The van der Waals surface area contributed by atoms with Gasteiger partial charge in [0.05, 0.1) is 6.10 Å². The Labute approximate surface area is 238 Å². The third kappa shape index (κ3) is 7.18. The quantitative estimate of drug-likeness (QED) is 0.362. The summed E-state index contributed by atoms with van der Waals surface area (Å²) in [6, 6.07) is 10.9. The highest BCUT2D eigenvalue weighted by molar-refractivity contribution is 6.31. The van der Waals surface area contributed by atoms with E-state index < -0.39 is 30.0 Å². The standard InChI is InChI=1S/C29H36ClN5O5/c1-18-14-21(6-7-23(18)30)32-28(39)24(10-12-31)33-29(40)25-15-19-4-2-3-5-20(19)16-35(25)27(38)9-8-26(37)34-13-11-22(36)17-34/h2-7,14,22,24-25,36H,8-13,15-17,31H2,1H3,(H,32,39)(H,33,40)/t22?,24-,25-/m0/s1. The van der Waals surface area contributed by atoms with Crippen LogP contribution in [0.2, 0.25) is 5.02 Å². The van der Waals surface area contributed by atoms with Crippen LogP contribution in [-0.2, 0) is 32.1 Å². The van der Waals surface area contributed by atoms with Crippen molar-refractivity contribution in [3.63, 3.8) is 0 Å². The van der Waals surface area contributed by atoms with Gasteiger partial charge in [-0.05, 0) is 61.2 Å². The number of nitrogens with one attached hydrogen (secondary N) is 2. The fourth-order valence-electron chi connectivity index (χ4n) is 5.16. The summed E-state index contributed by atoms with van der Waals surface area (Å²) in [7, 11) is 0. The van der Waals surface area contributed by atoms with Gasteiger partial charge >= 0.3 is 0 Å². The fourth-order valence-corrected chi connectivity index (χ4v) is 5.28. The SMILES string of the molecule is Cc1cc(NC(=O)[C@H](CCN)NC(=O)[C@@H]2Cc3ccccc3CN2C(=O)CCC(=O)N2CCC(O)C2)ccc1Cl. The fraction of sp³-hybridized carbons (Fsp3) is 0.448. The molecule has 3 atom stereocenters. The Morgan fingerprint density at radius 2 is 1.82 bits per heavy atom. The minimum atomic E-state index is -0.911. The molecule has 0 bridgehead atoms. The Bertz CT molecular complexity index is 1270. The molecule has 40 heavy (non-hydrogen) atoms. The molecule has 0 aromatic heterocycles. The van der Waals surface area contributed by atoms with Crippen LogP contribution < -0.4 is 16.4 Å². The molecular weight excluding hydrogens is 534 g/mol. The number of hydrogen-bond donors (Lipinski definition) is 4. The van der Waals surface area contributed by atoms with Crippen LogP contribution in [0.4, 0.5) is 5.69 Å². The molecule has 11 heteroatoms. The molecule has 1 fully saturated rings. The zero-order valence-electron chi connectivity index (χ0n) is 22.6. The molecule has 0 radical (unpaired) electrons.